The SMILES string of the molecule is CC(C)(NC(=O)c1ccc(Cl)s1)C(=O)Nc1ccc(Cl)c(F)c1. The molecule has 0 unspecified atom stereocenters. The average Bonchev–Trinajstić information content (AvgIpc) is 2.89. The quantitative estimate of drug-likeness (QED) is 0.835. The summed E-state index contributed by atoms with van der Waals surface area (Å²) >= 11 is 12.5. The molecule has 0 fully saturated rings. The number of nitrogens with one attached hydrogen (secondary N) is 2. The Bertz CT molecular complexity index is 762. The van der Waals surface area contributed by atoms with Gasteiger partial charge in [-0.05, 0) is 44.2 Å². The minimum absolute atomic E-state index is 0.0369. The maximum atomic E-state index is 13.4. The second-order valence-electron chi connectivity index (χ2n) is 5.27. The molecule has 0 aliphatic rings. The zero-order valence-corrected chi connectivity index (χ0v) is 14.6. The van der Waals surface area contributed by atoms with E-state index in [0.29, 0.717) is 9.21 Å². The molecule has 0 saturated carbocycles. The van der Waals surface area contributed by atoms with E-state index in [9.17, 15) is 14.0 Å². The molecule has 2 rings (SSSR count). The molecule has 0 radical (unpaired) electrons. The van der Waals surface area contributed by atoms with Crippen LogP contribution < -0.4 is 10.6 Å². The number of carbonyl (C=O) groups is 2. The first-order chi connectivity index (χ1) is 10.7. The van der Waals surface area contributed by atoms with Crippen molar-refractivity contribution in [3.05, 3.63) is 50.4 Å². The third kappa shape index (κ3) is 4.43. The Morgan fingerprint density at radius 3 is 2.43 bits per heavy atom. The summed E-state index contributed by atoms with van der Waals surface area (Å²) in [6.07, 6.45) is 0. The lowest BCUT2D eigenvalue weighted by Crippen LogP contribution is -2.52. The van der Waals surface area contributed by atoms with E-state index >= 15 is 0 Å². The molecule has 0 atom stereocenters. The molecule has 2 N–H and O–H groups in total. The van der Waals surface area contributed by atoms with Crippen molar-refractivity contribution >= 4 is 52.0 Å². The van der Waals surface area contributed by atoms with Gasteiger partial charge in [-0.1, -0.05) is 23.2 Å². The molecule has 23 heavy (non-hydrogen) atoms. The molecule has 8 heteroatoms. The lowest BCUT2D eigenvalue weighted by molar-refractivity contribution is -0.120. The maximum Gasteiger partial charge on any atom is 0.262 e. The first-order valence-electron chi connectivity index (χ1n) is 6.53. The monoisotopic (exact) mass is 374 g/mol. The van der Waals surface area contributed by atoms with Gasteiger partial charge in [-0.2, -0.15) is 0 Å². The molecular weight excluding hydrogens is 362 g/mol. The zero-order chi connectivity index (χ0) is 17.2. The van der Waals surface area contributed by atoms with Crippen LogP contribution in [0.2, 0.25) is 9.36 Å². The number of hydrogen-bond acceptors (Lipinski definition) is 3. The van der Waals surface area contributed by atoms with Crippen LogP contribution in [-0.4, -0.2) is 17.4 Å². The molecule has 1 heterocycles. The van der Waals surface area contributed by atoms with E-state index in [-0.39, 0.29) is 10.7 Å². The highest BCUT2D eigenvalue weighted by Gasteiger charge is 2.30. The van der Waals surface area contributed by atoms with Crippen molar-refractivity contribution in [2.75, 3.05) is 5.32 Å². The van der Waals surface area contributed by atoms with Gasteiger partial charge < -0.3 is 10.6 Å². The highest BCUT2D eigenvalue weighted by Crippen LogP contribution is 2.23. The van der Waals surface area contributed by atoms with Gasteiger partial charge in [0, 0.05) is 5.69 Å². The van der Waals surface area contributed by atoms with E-state index < -0.39 is 23.2 Å². The molecule has 0 saturated heterocycles. The topological polar surface area (TPSA) is 58.2 Å². The summed E-state index contributed by atoms with van der Waals surface area (Å²) in [5, 5.41) is 5.11. The van der Waals surface area contributed by atoms with E-state index in [1.165, 1.54) is 12.1 Å². The van der Waals surface area contributed by atoms with Gasteiger partial charge in [0.2, 0.25) is 5.91 Å². The second-order valence-corrected chi connectivity index (χ2v) is 7.39. The van der Waals surface area contributed by atoms with Crippen LogP contribution in [0.4, 0.5) is 10.1 Å². The van der Waals surface area contributed by atoms with Gasteiger partial charge in [-0.15, -0.1) is 11.3 Å². The minimum Gasteiger partial charge on any atom is -0.337 e. The van der Waals surface area contributed by atoms with Crippen LogP contribution in [0, 0.1) is 5.82 Å². The van der Waals surface area contributed by atoms with E-state index in [1.807, 2.05) is 0 Å². The molecule has 1 aromatic heterocycles. The van der Waals surface area contributed by atoms with Crippen LogP contribution in [0.25, 0.3) is 0 Å². The summed E-state index contributed by atoms with van der Waals surface area (Å²) in [4.78, 5) is 24.8. The van der Waals surface area contributed by atoms with E-state index in [0.717, 1.165) is 17.4 Å². The Morgan fingerprint density at radius 1 is 1.17 bits per heavy atom. The lowest BCUT2D eigenvalue weighted by atomic mass is 10.0. The normalized spacial score (nSPS) is 11.2. The fraction of sp³-hybridized carbons (Fsp3) is 0.200. The number of carbonyl (C=O) groups excluding carboxylic acids is 2. The molecule has 0 bridgehead atoms. The number of amides is 2. The fourth-order valence-corrected chi connectivity index (χ4v) is 2.76. The second kappa shape index (κ2) is 6.86. The summed E-state index contributed by atoms with van der Waals surface area (Å²) in [5.41, 5.74) is -0.956. The van der Waals surface area contributed by atoms with Crippen LogP contribution in [0.3, 0.4) is 0 Å². The summed E-state index contributed by atoms with van der Waals surface area (Å²) < 4.78 is 13.9. The fourth-order valence-electron chi connectivity index (χ4n) is 1.70. The largest absolute Gasteiger partial charge is 0.337 e. The molecule has 2 aromatic rings. The number of rotatable bonds is 4. The van der Waals surface area contributed by atoms with E-state index in [1.54, 1.807) is 26.0 Å². The average molecular weight is 375 g/mol. The Hall–Kier alpha value is -1.63. The van der Waals surface area contributed by atoms with Gasteiger partial charge in [0.1, 0.15) is 11.4 Å². The smallest absolute Gasteiger partial charge is 0.262 e. The van der Waals surface area contributed by atoms with Gasteiger partial charge in [-0.3, -0.25) is 9.59 Å². The predicted octanol–water partition coefficient (Wildman–Crippen LogP) is 4.34. The summed E-state index contributed by atoms with van der Waals surface area (Å²) in [6, 6.07) is 7.10. The number of hydrogen-bond donors (Lipinski definition) is 2. The molecule has 0 spiro atoms. The Labute approximate surface area is 146 Å². The van der Waals surface area contributed by atoms with Gasteiger partial charge in [0.05, 0.1) is 14.2 Å². The van der Waals surface area contributed by atoms with E-state index in [4.69, 9.17) is 23.2 Å². The Balaban J connectivity index is 2.07. The maximum absolute atomic E-state index is 13.4. The summed E-state index contributed by atoms with van der Waals surface area (Å²) in [5.74, 6) is -1.54. The van der Waals surface area contributed by atoms with Crippen molar-refractivity contribution in [1.29, 1.82) is 0 Å². The van der Waals surface area contributed by atoms with Crippen molar-refractivity contribution in [3.63, 3.8) is 0 Å². The number of benzene rings is 1. The molecule has 0 aliphatic carbocycles. The van der Waals surface area contributed by atoms with Crippen molar-refractivity contribution in [3.8, 4) is 0 Å². The van der Waals surface area contributed by atoms with Crippen molar-refractivity contribution in [2.45, 2.75) is 19.4 Å². The van der Waals surface area contributed by atoms with Crippen LogP contribution in [0.1, 0.15) is 23.5 Å². The molecular formula is C15H13Cl2FN2O2S. The predicted molar refractivity (Wildman–Crippen MR) is 90.9 cm³/mol. The van der Waals surface area contributed by atoms with Gasteiger partial charge in [0.15, 0.2) is 0 Å². The van der Waals surface area contributed by atoms with E-state index in [2.05, 4.69) is 10.6 Å². The zero-order valence-electron chi connectivity index (χ0n) is 12.2. The summed E-state index contributed by atoms with van der Waals surface area (Å²) in [7, 11) is 0. The van der Waals surface area contributed by atoms with Crippen LogP contribution in [0.15, 0.2) is 30.3 Å². The molecule has 0 aliphatic heterocycles. The summed E-state index contributed by atoms with van der Waals surface area (Å²) in [6.45, 7) is 3.09. The molecule has 1 aromatic carbocycles. The first kappa shape index (κ1) is 17.7. The molecule has 2 amide bonds. The van der Waals surface area contributed by atoms with Crippen LogP contribution in [-0.2, 0) is 4.79 Å². The lowest BCUT2D eigenvalue weighted by Gasteiger charge is -2.25. The number of anilines is 1. The standard InChI is InChI=1S/C15H13Cl2FN2O2S/c1-15(2,20-13(21)11-5-6-12(17)23-11)14(22)19-8-3-4-9(16)10(18)7-8/h3-7H,1-2H3,(H,19,22)(H,20,21). The van der Waals surface area contributed by atoms with Gasteiger partial charge >= 0.3 is 0 Å². The molecule has 4 nitrogen and oxygen atoms in total. The Kier molecular flexibility index (Phi) is 5.29. The number of thiophene rings is 1. The number of halogens is 3. The molecule has 122 valence electrons. The first-order valence-corrected chi connectivity index (χ1v) is 8.10. The third-order valence-electron chi connectivity index (χ3n) is 2.97. The third-order valence-corrected chi connectivity index (χ3v) is 4.50. The van der Waals surface area contributed by atoms with Gasteiger partial charge in [-0.25, -0.2) is 4.39 Å². The minimum atomic E-state index is -1.20. The van der Waals surface area contributed by atoms with Crippen LogP contribution >= 0.6 is 34.5 Å². The Morgan fingerprint density at radius 2 is 1.87 bits per heavy atom. The van der Waals surface area contributed by atoms with Crippen molar-refractivity contribution < 1.29 is 14.0 Å². The van der Waals surface area contributed by atoms with Crippen molar-refractivity contribution in [2.24, 2.45) is 0 Å². The van der Waals surface area contributed by atoms with Crippen molar-refractivity contribution in [1.82, 2.24) is 5.32 Å². The highest BCUT2D eigenvalue weighted by atomic mass is 35.5. The van der Waals surface area contributed by atoms with Crippen LogP contribution in [0.5, 0.6) is 0 Å². The van der Waals surface area contributed by atoms with Gasteiger partial charge in [0.25, 0.3) is 5.91 Å². The highest BCUT2D eigenvalue weighted by molar-refractivity contribution is 7.18.